The van der Waals surface area contributed by atoms with Crippen molar-refractivity contribution in [2.45, 2.75) is 13.5 Å². The van der Waals surface area contributed by atoms with Crippen LogP contribution in [0.25, 0.3) is 5.69 Å². The number of carbonyl (C=O) groups is 2. The zero-order valence-electron chi connectivity index (χ0n) is 16.1. The molecule has 0 radical (unpaired) electrons. The quantitative estimate of drug-likeness (QED) is 0.620. The van der Waals surface area contributed by atoms with Gasteiger partial charge in [0.15, 0.2) is 6.61 Å². The molecule has 29 heavy (non-hydrogen) atoms. The van der Waals surface area contributed by atoms with E-state index in [-0.39, 0.29) is 23.4 Å². The molecule has 0 aliphatic rings. The largest absolute Gasteiger partial charge is 0.452 e. The third-order valence-electron chi connectivity index (χ3n) is 4.53. The second-order valence-electron chi connectivity index (χ2n) is 6.42. The van der Waals surface area contributed by atoms with Crippen LogP contribution in [0.1, 0.15) is 21.6 Å². The van der Waals surface area contributed by atoms with Gasteiger partial charge in [-0.3, -0.25) is 14.3 Å². The molecule has 3 rings (SSSR count). The van der Waals surface area contributed by atoms with E-state index in [1.807, 2.05) is 18.2 Å². The van der Waals surface area contributed by atoms with Crippen LogP contribution in [0.3, 0.4) is 0 Å². The second-order valence-corrected chi connectivity index (χ2v) is 6.42. The summed E-state index contributed by atoms with van der Waals surface area (Å²) in [5.41, 5.74) is 1.91. The van der Waals surface area contributed by atoms with E-state index >= 15 is 0 Å². The molecule has 0 saturated heterocycles. The van der Waals surface area contributed by atoms with Crippen LogP contribution < -0.4 is 10.9 Å². The van der Waals surface area contributed by atoms with Crippen molar-refractivity contribution in [3.63, 3.8) is 0 Å². The summed E-state index contributed by atoms with van der Waals surface area (Å²) in [6.45, 7) is 1.06. The topological polar surface area (TPSA) is 103 Å². The molecule has 0 saturated carbocycles. The number of aliphatic hydroxyl groups is 1. The van der Waals surface area contributed by atoms with Gasteiger partial charge in [0.25, 0.3) is 11.5 Å². The van der Waals surface area contributed by atoms with Crippen LogP contribution in [-0.2, 0) is 23.2 Å². The summed E-state index contributed by atoms with van der Waals surface area (Å²) >= 11 is 0. The number of esters is 1. The first-order valence-corrected chi connectivity index (χ1v) is 8.93. The highest BCUT2D eigenvalue weighted by atomic mass is 16.5. The fourth-order valence-electron chi connectivity index (χ4n) is 2.85. The van der Waals surface area contributed by atoms with Crippen molar-refractivity contribution in [1.82, 2.24) is 9.36 Å². The fourth-order valence-corrected chi connectivity index (χ4v) is 2.85. The summed E-state index contributed by atoms with van der Waals surface area (Å²) in [5.74, 6) is -1.28. The number of ether oxygens (including phenoxy) is 1. The number of nitrogens with zero attached hydrogens (tertiary/aromatic N) is 2. The van der Waals surface area contributed by atoms with E-state index in [2.05, 4.69) is 5.32 Å². The van der Waals surface area contributed by atoms with Crippen molar-refractivity contribution in [3.05, 3.63) is 81.8 Å². The van der Waals surface area contributed by atoms with Gasteiger partial charge < -0.3 is 15.2 Å². The van der Waals surface area contributed by atoms with Crippen LogP contribution in [-0.4, -0.2) is 33.0 Å². The lowest BCUT2D eigenvalue weighted by molar-refractivity contribution is -0.119. The maximum atomic E-state index is 12.8. The van der Waals surface area contributed by atoms with Gasteiger partial charge in [-0.2, -0.15) is 0 Å². The molecule has 0 unspecified atom stereocenters. The first-order chi connectivity index (χ1) is 13.9. The molecule has 8 nitrogen and oxygen atoms in total. The molecule has 1 amide bonds. The highest BCUT2D eigenvalue weighted by Gasteiger charge is 2.19. The Kier molecular flexibility index (Phi) is 5.94. The lowest BCUT2D eigenvalue weighted by Crippen LogP contribution is -2.25. The highest BCUT2D eigenvalue weighted by molar-refractivity contribution is 5.95. The van der Waals surface area contributed by atoms with Gasteiger partial charge in [-0.1, -0.05) is 30.3 Å². The van der Waals surface area contributed by atoms with Crippen molar-refractivity contribution < 1.29 is 19.4 Å². The Morgan fingerprint density at radius 2 is 1.72 bits per heavy atom. The average molecular weight is 395 g/mol. The van der Waals surface area contributed by atoms with Crippen LogP contribution in [0.2, 0.25) is 0 Å². The number of anilines is 1. The summed E-state index contributed by atoms with van der Waals surface area (Å²) < 4.78 is 8.09. The number of benzene rings is 2. The van der Waals surface area contributed by atoms with Gasteiger partial charge in [0.1, 0.15) is 5.69 Å². The van der Waals surface area contributed by atoms with Crippen molar-refractivity contribution in [1.29, 1.82) is 0 Å². The fraction of sp³-hybridized carbons (Fsp3) is 0.190. The third kappa shape index (κ3) is 4.27. The van der Waals surface area contributed by atoms with E-state index in [1.54, 1.807) is 42.9 Å². The number of amides is 1. The van der Waals surface area contributed by atoms with Gasteiger partial charge in [-0.05, 0) is 36.8 Å². The monoisotopic (exact) mass is 395 g/mol. The summed E-state index contributed by atoms with van der Waals surface area (Å²) in [7, 11) is 1.72. The molecule has 0 spiro atoms. The van der Waals surface area contributed by atoms with E-state index in [0.717, 1.165) is 0 Å². The highest BCUT2D eigenvalue weighted by Crippen LogP contribution is 2.14. The van der Waals surface area contributed by atoms with Gasteiger partial charge in [0, 0.05) is 7.05 Å². The number of rotatable bonds is 6. The SMILES string of the molecule is Cc1c(NC(=O)COC(=O)c2ccc(CO)cc2)c(=O)n(-c2ccccc2)n1C. The van der Waals surface area contributed by atoms with Crippen LogP contribution in [0.4, 0.5) is 5.69 Å². The van der Waals surface area contributed by atoms with E-state index < -0.39 is 18.5 Å². The molecule has 8 heteroatoms. The number of para-hydroxylation sites is 1. The standard InChI is InChI=1S/C21H21N3O5/c1-14-19(20(27)24(23(14)2)17-6-4-3-5-7-17)22-18(26)13-29-21(28)16-10-8-15(12-25)9-11-16/h3-11,25H,12-13H2,1-2H3,(H,22,26). The molecule has 3 aromatic rings. The zero-order valence-corrected chi connectivity index (χ0v) is 16.1. The van der Waals surface area contributed by atoms with Gasteiger partial charge >= 0.3 is 5.97 Å². The number of aromatic nitrogens is 2. The van der Waals surface area contributed by atoms with Crippen molar-refractivity contribution in [3.8, 4) is 5.69 Å². The lowest BCUT2D eigenvalue weighted by atomic mass is 10.1. The molecular weight excluding hydrogens is 374 g/mol. The minimum atomic E-state index is -0.670. The molecule has 1 aromatic heterocycles. The van der Waals surface area contributed by atoms with Gasteiger partial charge in [0.05, 0.1) is 23.6 Å². The number of hydrogen-bond donors (Lipinski definition) is 2. The Morgan fingerprint density at radius 1 is 1.07 bits per heavy atom. The zero-order chi connectivity index (χ0) is 21.0. The number of carbonyl (C=O) groups excluding carboxylic acids is 2. The maximum absolute atomic E-state index is 12.8. The van der Waals surface area contributed by atoms with E-state index in [1.165, 1.54) is 16.8 Å². The minimum absolute atomic E-state index is 0.129. The molecule has 2 aromatic carbocycles. The molecule has 1 heterocycles. The third-order valence-corrected chi connectivity index (χ3v) is 4.53. The van der Waals surface area contributed by atoms with Crippen molar-refractivity contribution in [2.24, 2.45) is 7.05 Å². The average Bonchev–Trinajstić information content (AvgIpc) is 2.95. The molecule has 0 aliphatic heterocycles. The van der Waals surface area contributed by atoms with Crippen LogP contribution >= 0.6 is 0 Å². The number of hydrogen-bond acceptors (Lipinski definition) is 5. The van der Waals surface area contributed by atoms with Gasteiger partial charge in [-0.15, -0.1) is 0 Å². The van der Waals surface area contributed by atoms with Crippen molar-refractivity contribution in [2.75, 3.05) is 11.9 Å². The summed E-state index contributed by atoms with van der Waals surface area (Å²) in [6.07, 6.45) is 0. The molecule has 0 atom stereocenters. The summed E-state index contributed by atoms with van der Waals surface area (Å²) in [6, 6.07) is 15.2. The Hall–Kier alpha value is -3.65. The van der Waals surface area contributed by atoms with E-state index in [9.17, 15) is 14.4 Å². The Morgan fingerprint density at radius 3 is 2.34 bits per heavy atom. The minimum Gasteiger partial charge on any atom is -0.452 e. The predicted octanol–water partition coefficient (Wildman–Crippen LogP) is 1.77. The molecule has 0 aliphatic carbocycles. The second kappa shape index (κ2) is 8.57. The molecule has 2 N–H and O–H groups in total. The van der Waals surface area contributed by atoms with Gasteiger partial charge in [0.2, 0.25) is 0 Å². The summed E-state index contributed by atoms with van der Waals surface area (Å²) in [5, 5.41) is 11.6. The first-order valence-electron chi connectivity index (χ1n) is 8.93. The predicted molar refractivity (Wildman–Crippen MR) is 107 cm³/mol. The maximum Gasteiger partial charge on any atom is 0.338 e. The van der Waals surface area contributed by atoms with E-state index in [0.29, 0.717) is 16.9 Å². The van der Waals surface area contributed by atoms with Gasteiger partial charge in [-0.25, -0.2) is 9.48 Å². The number of aliphatic hydroxyl groups excluding tert-OH is 1. The van der Waals surface area contributed by atoms with Crippen LogP contribution in [0.5, 0.6) is 0 Å². The summed E-state index contributed by atoms with van der Waals surface area (Å²) in [4.78, 5) is 37.0. The molecule has 0 bridgehead atoms. The number of nitrogens with one attached hydrogen (secondary N) is 1. The van der Waals surface area contributed by atoms with E-state index in [4.69, 9.17) is 9.84 Å². The van der Waals surface area contributed by atoms with Crippen LogP contribution in [0, 0.1) is 6.92 Å². The Balaban J connectivity index is 1.69. The Labute approximate surface area is 166 Å². The van der Waals surface area contributed by atoms with Crippen molar-refractivity contribution >= 4 is 17.6 Å². The normalized spacial score (nSPS) is 10.6. The molecule has 150 valence electrons. The Bertz CT molecular complexity index is 1080. The molecular formula is C21H21N3O5. The smallest absolute Gasteiger partial charge is 0.338 e. The first kappa shape index (κ1) is 20.1. The molecule has 0 fully saturated rings. The lowest BCUT2D eigenvalue weighted by Gasteiger charge is -2.07. The van der Waals surface area contributed by atoms with Crippen LogP contribution in [0.15, 0.2) is 59.4 Å².